The van der Waals surface area contributed by atoms with Crippen LogP contribution in [-0.4, -0.2) is 45.8 Å². The minimum Gasteiger partial charge on any atom is -0.481 e. The molecule has 1 aliphatic heterocycles. The van der Waals surface area contributed by atoms with Gasteiger partial charge in [-0.1, -0.05) is 20.8 Å². The predicted molar refractivity (Wildman–Crippen MR) is 166 cm³/mol. The van der Waals surface area contributed by atoms with Gasteiger partial charge >= 0.3 is 5.97 Å². The SMILES string of the molecule is CCC1C(C(=O)N[C@@H](CC(C)C)C(=O)N[C@@H](CC(=O)O)c2cc(-c3c(C)cc(F)cc3C)cc(F)c2F)=CC=CN1/N=C(/C)N. The van der Waals surface area contributed by atoms with Gasteiger partial charge in [-0.15, -0.1) is 0 Å². The van der Waals surface area contributed by atoms with Crippen molar-refractivity contribution in [2.24, 2.45) is 16.8 Å². The van der Waals surface area contributed by atoms with Crippen molar-refractivity contribution < 1.29 is 32.7 Å². The lowest BCUT2D eigenvalue weighted by Gasteiger charge is -2.31. The lowest BCUT2D eigenvalue weighted by Crippen LogP contribution is -2.50. The molecule has 5 N–H and O–H groups in total. The molecule has 0 aromatic heterocycles. The second kappa shape index (κ2) is 14.9. The average Bonchev–Trinajstić information content (AvgIpc) is 2.92. The van der Waals surface area contributed by atoms with Crippen LogP contribution in [0, 0.1) is 37.2 Å². The van der Waals surface area contributed by atoms with Crippen LogP contribution in [0.15, 0.2) is 53.3 Å². The van der Waals surface area contributed by atoms with Crippen LogP contribution >= 0.6 is 0 Å². The third kappa shape index (κ3) is 8.74. The first-order valence-electron chi connectivity index (χ1n) is 14.7. The van der Waals surface area contributed by atoms with Gasteiger partial charge in [0.15, 0.2) is 11.6 Å². The van der Waals surface area contributed by atoms with E-state index in [9.17, 15) is 28.3 Å². The van der Waals surface area contributed by atoms with E-state index in [4.69, 9.17) is 5.73 Å². The van der Waals surface area contributed by atoms with Crippen LogP contribution < -0.4 is 16.4 Å². The molecule has 1 aliphatic rings. The smallest absolute Gasteiger partial charge is 0.305 e. The van der Waals surface area contributed by atoms with Crippen molar-refractivity contribution in [2.45, 2.75) is 78.9 Å². The van der Waals surface area contributed by atoms with E-state index >= 15 is 4.39 Å². The number of hydrogen-bond donors (Lipinski definition) is 4. The van der Waals surface area contributed by atoms with E-state index in [1.165, 1.54) is 18.2 Å². The highest BCUT2D eigenvalue weighted by atomic mass is 19.2. The number of carbonyl (C=O) groups is 3. The first-order chi connectivity index (χ1) is 21.1. The highest BCUT2D eigenvalue weighted by molar-refractivity contribution is 5.98. The minimum atomic E-state index is -1.49. The van der Waals surface area contributed by atoms with Crippen molar-refractivity contribution in [1.29, 1.82) is 0 Å². The number of amides is 2. The summed E-state index contributed by atoms with van der Waals surface area (Å²) in [5.74, 6) is -5.55. The molecular formula is C33H40F3N5O4. The van der Waals surface area contributed by atoms with Gasteiger partial charge in [-0.05, 0) is 98.2 Å². The first-order valence-corrected chi connectivity index (χ1v) is 14.7. The maximum absolute atomic E-state index is 15.3. The number of allylic oxidation sites excluding steroid dienone is 2. The van der Waals surface area contributed by atoms with Crippen molar-refractivity contribution in [3.63, 3.8) is 0 Å². The average molecular weight is 628 g/mol. The summed E-state index contributed by atoms with van der Waals surface area (Å²) in [5.41, 5.74) is 7.25. The van der Waals surface area contributed by atoms with Gasteiger partial charge in [0.25, 0.3) is 0 Å². The number of carboxylic acid groups (broad SMARTS) is 1. The molecule has 9 nitrogen and oxygen atoms in total. The Morgan fingerprint density at radius 1 is 1.07 bits per heavy atom. The Morgan fingerprint density at radius 3 is 2.27 bits per heavy atom. The number of nitrogens with one attached hydrogen (secondary N) is 2. The number of benzene rings is 2. The normalized spacial score (nSPS) is 16.3. The van der Waals surface area contributed by atoms with Gasteiger partial charge in [0.2, 0.25) is 11.8 Å². The van der Waals surface area contributed by atoms with Crippen molar-refractivity contribution in [2.75, 3.05) is 0 Å². The van der Waals surface area contributed by atoms with Gasteiger partial charge in [-0.2, -0.15) is 5.10 Å². The van der Waals surface area contributed by atoms with Crippen molar-refractivity contribution in [3.05, 3.63) is 82.3 Å². The largest absolute Gasteiger partial charge is 0.481 e. The maximum Gasteiger partial charge on any atom is 0.305 e. The third-order valence-corrected chi connectivity index (χ3v) is 7.36. The fourth-order valence-electron chi connectivity index (χ4n) is 5.52. The Morgan fingerprint density at radius 2 is 1.71 bits per heavy atom. The zero-order chi connectivity index (χ0) is 33.6. The molecule has 2 aromatic carbocycles. The summed E-state index contributed by atoms with van der Waals surface area (Å²) in [5, 5.41) is 20.7. The Kier molecular flexibility index (Phi) is 11.6. The van der Waals surface area contributed by atoms with Gasteiger partial charge in [-0.3, -0.25) is 19.4 Å². The van der Waals surface area contributed by atoms with Crippen LogP contribution in [0.3, 0.4) is 0 Å². The molecule has 3 rings (SSSR count). The fourth-order valence-corrected chi connectivity index (χ4v) is 5.52. The zero-order valence-electron chi connectivity index (χ0n) is 26.2. The summed E-state index contributed by atoms with van der Waals surface area (Å²) in [4.78, 5) is 39.0. The summed E-state index contributed by atoms with van der Waals surface area (Å²) >= 11 is 0. The number of aliphatic carboxylic acids is 1. The van der Waals surface area contributed by atoms with Crippen LogP contribution in [0.5, 0.6) is 0 Å². The molecule has 12 heteroatoms. The molecule has 2 aromatic rings. The lowest BCUT2D eigenvalue weighted by atomic mass is 9.91. The van der Waals surface area contributed by atoms with E-state index in [-0.39, 0.29) is 17.9 Å². The molecule has 0 aliphatic carbocycles. The highest BCUT2D eigenvalue weighted by Crippen LogP contribution is 2.33. The number of nitrogens with two attached hydrogens (primary N) is 1. The lowest BCUT2D eigenvalue weighted by molar-refractivity contribution is -0.138. The molecule has 242 valence electrons. The van der Waals surface area contributed by atoms with E-state index in [2.05, 4.69) is 15.7 Å². The number of rotatable bonds is 12. The quantitative estimate of drug-likeness (QED) is 0.184. The highest BCUT2D eigenvalue weighted by Gasteiger charge is 2.32. The van der Waals surface area contributed by atoms with Gasteiger partial charge in [0, 0.05) is 17.3 Å². The maximum atomic E-state index is 15.3. The number of hydrazone groups is 1. The van der Waals surface area contributed by atoms with E-state index in [1.807, 2.05) is 20.8 Å². The van der Waals surface area contributed by atoms with E-state index in [0.717, 1.165) is 6.07 Å². The molecule has 45 heavy (non-hydrogen) atoms. The number of hydrogen-bond acceptors (Lipinski definition) is 5. The van der Waals surface area contributed by atoms with Crippen molar-refractivity contribution >= 4 is 23.6 Å². The summed E-state index contributed by atoms with van der Waals surface area (Å²) in [6.45, 7) is 10.4. The Labute approximate surface area is 261 Å². The summed E-state index contributed by atoms with van der Waals surface area (Å²) in [7, 11) is 0. The number of amidine groups is 1. The van der Waals surface area contributed by atoms with Crippen molar-refractivity contribution in [3.8, 4) is 11.1 Å². The van der Waals surface area contributed by atoms with Crippen molar-refractivity contribution in [1.82, 2.24) is 15.6 Å². The monoisotopic (exact) mass is 627 g/mol. The Hall–Kier alpha value is -4.61. The molecule has 0 radical (unpaired) electrons. The van der Waals surface area contributed by atoms with E-state index in [1.54, 1.807) is 44.1 Å². The number of nitrogens with zero attached hydrogens (tertiary/aromatic N) is 2. The van der Waals surface area contributed by atoms with Crippen LogP contribution in [0.2, 0.25) is 0 Å². The number of carboxylic acids is 1. The molecule has 0 fully saturated rings. The molecule has 1 heterocycles. The van der Waals surface area contributed by atoms with Gasteiger partial charge in [0.05, 0.1) is 18.5 Å². The first kappa shape index (κ1) is 34.9. The zero-order valence-corrected chi connectivity index (χ0v) is 26.2. The van der Waals surface area contributed by atoms with Crippen LogP contribution in [0.1, 0.15) is 69.7 Å². The third-order valence-electron chi connectivity index (χ3n) is 7.36. The van der Waals surface area contributed by atoms with E-state index in [0.29, 0.717) is 34.5 Å². The minimum absolute atomic E-state index is 0.0795. The van der Waals surface area contributed by atoms with Crippen LogP contribution in [0.25, 0.3) is 11.1 Å². The topological polar surface area (TPSA) is 137 Å². The summed E-state index contributed by atoms with van der Waals surface area (Å²) < 4.78 is 44.2. The molecular weight excluding hydrogens is 587 g/mol. The number of aryl methyl sites for hydroxylation is 2. The van der Waals surface area contributed by atoms with Crippen LogP contribution in [0.4, 0.5) is 13.2 Å². The van der Waals surface area contributed by atoms with Crippen LogP contribution in [-0.2, 0) is 14.4 Å². The molecule has 0 spiro atoms. The second-order valence-electron chi connectivity index (χ2n) is 11.6. The second-order valence-corrected chi connectivity index (χ2v) is 11.6. The molecule has 3 atom stereocenters. The fraction of sp³-hybridized carbons (Fsp3) is 0.394. The van der Waals surface area contributed by atoms with Gasteiger partial charge in [-0.25, -0.2) is 13.2 Å². The number of halogens is 3. The van der Waals surface area contributed by atoms with Gasteiger partial charge in [0.1, 0.15) is 17.7 Å². The Bertz CT molecular complexity index is 1530. The molecule has 0 bridgehead atoms. The molecule has 0 saturated heterocycles. The predicted octanol–water partition coefficient (Wildman–Crippen LogP) is 5.38. The molecule has 2 amide bonds. The van der Waals surface area contributed by atoms with E-state index < -0.39 is 65.3 Å². The van der Waals surface area contributed by atoms with Gasteiger partial charge < -0.3 is 21.5 Å². The summed E-state index contributed by atoms with van der Waals surface area (Å²) in [6, 6.07) is 1.62. The Balaban J connectivity index is 1.97. The standard InChI is InChI=1S/C33H40F3N5O4/c1-7-28-23(9-8-10-41(28)40-20(6)37)32(44)39-27(11-17(2)3)33(45)38-26(16-29(42)43)24-14-21(15-25(35)31(24)36)30-18(4)12-22(34)13-19(30)5/h8-10,12-15,17,26-28H,7,11,16H2,1-6H3,(H2,37,40)(H,38,45)(H,39,44)(H,42,43)/t26-,27-,28?/m0/s1. The summed E-state index contributed by atoms with van der Waals surface area (Å²) in [6.07, 6.45) is 4.81. The molecule has 1 unspecified atom stereocenters. The number of carbonyl (C=O) groups excluding carboxylic acids is 2. The molecule has 0 saturated carbocycles.